The molecule has 2 aromatic rings. The summed E-state index contributed by atoms with van der Waals surface area (Å²) in [6.45, 7) is 4.43. The van der Waals surface area contributed by atoms with Crippen molar-refractivity contribution in [3.8, 4) is 0 Å². The van der Waals surface area contributed by atoms with Gasteiger partial charge in [0, 0.05) is 49.3 Å². The quantitative estimate of drug-likeness (QED) is 0.921. The highest BCUT2D eigenvalue weighted by Crippen LogP contribution is 2.22. The van der Waals surface area contributed by atoms with Crippen molar-refractivity contribution in [3.05, 3.63) is 54.6 Å². The number of nitrogens with one attached hydrogen (secondary N) is 1. The average Bonchev–Trinajstić information content (AvgIpc) is 2.49. The number of likely N-dealkylation sites (N-methyl/N-ethyl adjacent to an activating group) is 1. The van der Waals surface area contributed by atoms with Crippen LogP contribution in [0.4, 0.5) is 17.1 Å². The Balaban J connectivity index is 1.73. The standard InChI is InChI=1S/C17H20N3/c1-19-10-12-20(13-11-19)17-9-5-8-16(14-17)18-15-6-3-2-4-7-15/h2-7,9,14,18H,10-13H2,1H3. The molecule has 3 rings (SSSR count). The Morgan fingerprint density at radius 3 is 2.50 bits per heavy atom. The molecule has 0 atom stereocenters. The fourth-order valence-corrected chi connectivity index (χ4v) is 2.46. The van der Waals surface area contributed by atoms with Crippen molar-refractivity contribution < 1.29 is 0 Å². The van der Waals surface area contributed by atoms with Crippen molar-refractivity contribution in [3.63, 3.8) is 0 Å². The van der Waals surface area contributed by atoms with E-state index >= 15 is 0 Å². The topological polar surface area (TPSA) is 18.5 Å². The SMILES string of the molecule is CN1CCN(c2cc[c]c(Nc3ccccc3)c2)CC1. The van der Waals surface area contributed by atoms with Crippen LogP contribution in [0.3, 0.4) is 0 Å². The van der Waals surface area contributed by atoms with Crippen molar-refractivity contribution in [2.75, 3.05) is 43.4 Å². The summed E-state index contributed by atoms with van der Waals surface area (Å²) < 4.78 is 0. The molecule has 0 saturated carbocycles. The molecule has 1 radical (unpaired) electrons. The maximum absolute atomic E-state index is 3.40. The number of piperazine rings is 1. The minimum absolute atomic E-state index is 1.02. The highest BCUT2D eigenvalue weighted by atomic mass is 15.2. The van der Waals surface area contributed by atoms with E-state index in [0.717, 1.165) is 37.6 Å². The number of rotatable bonds is 3. The van der Waals surface area contributed by atoms with Gasteiger partial charge < -0.3 is 15.1 Å². The summed E-state index contributed by atoms with van der Waals surface area (Å²) in [5.74, 6) is 0. The van der Waals surface area contributed by atoms with Gasteiger partial charge in [0.15, 0.2) is 0 Å². The molecule has 3 nitrogen and oxygen atoms in total. The van der Waals surface area contributed by atoms with Crippen LogP contribution in [0.25, 0.3) is 0 Å². The zero-order valence-electron chi connectivity index (χ0n) is 11.8. The first-order valence-electron chi connectivity index (χ1n) is 7.08. The Morgan fingerprint density at radius 1 is 1.00 bits per heavy atom. The molecule has 0 aromatic heterocycles. The predicted octanol–water partition coefficient (Wildman–Crippen LogP) is 2.98. The largest absolute Gasteiger partial charge is 0.369 e. The normalized spacial score (nSPS) is 16.1. The van der Waals surface area contributed by atoms with E-state index in [1.807, 2.05) is 24.3 Å². The molecular weight excluding hydrogens is 246 g/mol. The smallest absolute Gasteiger partial charge is 0.0485 e. The second kappa shape index (κ2) is 5.97. The third-order valence-corrected chi connectivity index (χ3v) is 3.71. The Labute approximate surface area is 120 Å². The van der Waals surface area contributed by atoms with Gasteiger partial charge in [-0.15, -0.1) is 0 Å². The highest BCUT2D eigenvalue weighted by molar-refractivity contribution is 5.64. The summed E-state index contributed by atoms with van der Waals surface area (Å²) in [6.07, 6.45) is 0. The number of benzene rings is 2. The predicted molar refractivity (Wildman–Crippen MR) is 84.7 cm³/mol. The lowest BCUT2D eigenvalue weighted by Crippen LogP contribution is -2.44. The second-order valence-corrected chi connectivity index (χ2v) is 5.24. The van der Waals surface area contributed by atoms with E-state index in [1.165, 1.54) is 5.69 Å². The lowest BCUT2D eigenvalue weighted by atomic mass is 10.2. The van der Waals surface area contributed by atoms with E-state index in [9.17, 15) is 0 Å². The van der Waals surface area contributed by atoms with Crippen LogP contribution in [0.2, 0.25) is 0 Å². The van der Waals surface area contributed by atoms with Crippen LogP contribution < -0.4 is 10.2 Å². The molecule has 103 valence electrons. The Bertz CT molecular complexity index is 545. The Morgan fingerprint density at radius 2 is 1.75 bits per heavy atom. The highest BCUT2D eigenvalue weighted by Gasteiger charge is 2.14. The first-order chi connectivity index (χ1) is 9.81. The van der Waals surface area contributed by atoms with Gasteiger partial charge in [0.1, 0.15) is 0 Å². The number of hydrogen-bond acceptors (Lipinski definition) is 3. The number of hydrogen-bond donors (Lipinski definition) is 1. The van der Waals surface area contributed by atoms with Gasteiger partial charge in [-0.3, -0.25) is 0 Å². The fourth-order valence-electron chi connectivity index (χ4n) is 2.46. The molecule has 0 unspecified atom stereocenters. The van der Waals surface area contributed by atoms with Crippen LogP contribution >= 0.6 is 0 Å². The van der Waals surface area contributed by atoms with Crippen LogP contribution in [0.5, 0.6) is 0 Å². The Kier molecular flexibility index (Phi) is 3.88. The van der Waals surface area contributed by atoms with E-state index in [2.05, 4.69) is 52.5 Å². The molecule has 0 bridgehead atoms. The second-order valence-electron chi connectivity index (χ2n) is 5.24. The third-order valence-electron chi connectivity index (χ3n) is 3.71. The first-order valence-corrected chi connectivity index (χ1v) is 7.08. The van der Waals surface area contributed by atoms with Gasteiger partial charge in [-0.2, -0.15) is 0 Å². The van der Waals surface area contributed by atoms with E-state index in [4.69, 9.17) is 0 Å². The van der Waals surface area contributed by atoms with Crippen molar-refractivity contribution in [1.82, 2.24) is 4.90 Å². The van der Waals surface area contributed by atoms with Gasteiger partial charge in [-0.1, -0.05) is 24.3 Å². The van der Waals surface area contributed by atoms with Gasteiger partial charge in [0.2, 0.25) is 0 Å². The molecule has 20 heavy (non-hydrogen) atoms. The van der Waals surface area contributed by atoms with E-state index < -0.39 is 0 Å². The van der Waals surface area contributed by atoms with Crippen molar-refractivity contribution in [1.29, 1.82) is 0 Å². The van der Waals surface area contributed by atoms with Gasteiger partial charge in [0.25, 0.3) is 0 Å². The lowest BCUT2D eigenvalue weighted by Gasteiger charge is -2.34. The summed E-state index contributed by atoms with van der Waals surface area (Å²) in [7, 11) is 2.18. The number of anilines is 3. The zero-order chi connectivity index (χ0) is 13.8. The van der Waals surface area contributed by atoms with Gasteiger partial charge in [-0.05, 0) is 31.3 Å². The zero-order valence-corrected chi connectivity index (χ0v) is 11.8. The van der Waals surface area contributed by atoms with Crippen molar-refractivity contribution >= 4 is 17.1 Å². The Hall–Kier alpha value is -2.00. The average molecular weight is 266 g/mol. The molecule has 0 spiro atoms. The molecular formula is C17H20N3. The summed E-state index contributed by atoms with van der Waals surface area (Å²) in [5.41, 5.74) is 3.39. The van der Waals surface area contributed by atoms with Gasteiger partial charge in [0.05, 0.1) is 0 Å². The molecule has 1 N–H and O–H groups in total. The lowest BCUT2D eigenvalue weighted by molar-refractivity contribution is 0.313. The van der Waals surface area contributed by atoms with Crippen LogP contribution in [-0.2, 0) is 0 Å². The molecule has 1 aliphatic heterocycles. The molecule has 1 fully saturated rings. The minimum atomic E-state index is 1.02. The van der Waals surface area contributed by atoms with E-state index in [-0.39, 0.29) is 0 Å². The molecule has 1 aliphatic rings. The minimum Gasteiger partial charge on any atom is -0.369 e. The van der Waals surface area contributed by atoms with Gasteiger partial charge >= 0.3 is 0 Å². The van der Waals surface area contributed by atoms with Crippen LogP contribution in [0.1, 0.15) is 0 Å². The monoisotopic (exact) mass is 266 g/mol. The van der Waals surface area contributed by atoms with Crippen LogP contribution in [0, 0.1) is 6.07 Å². The van der Waals surface area contributed by atoms with Crippen LogP contribution in [0.15, 0.2) is 48.5 Å². The first kappa shape index (κ1) is 13.0. The summed E-state index contributed by atoms with van der Waals surface area (Å²) >= 11 is 0. The number of para-hydroxylation sites is 1. The molecule has 0 aliphatic carbocycles. The van der Waals surface area contributed by atoms with Crippen LogP contribution in [-0.4, -0.2) is 38.1 Å². The summed E-state index contributed by atoms with van der Waals surface area (Å²) in [5, 5.41) is 3.40. The molecule has 2 aromatic carbocycles. The molecule has 0 amide bonds. The summed E-state index contributed by atoms with van der Waals surface area (Å²) in [6, 6.07) is 19.8. The van der Waals surface area contributed by atoms with E-state index in [1.54, 1.807) is 0 Å². The van der Waals surface area contributed by atoms with Gasteiger partial charge in [-0.25, -0.2) is 0 Å². The maximum atomic E-state index is 3.40. The third kappa shape index (κ3) is 3.11. The number of nitrogens with zero attached hydrogens (tertiary/aromatic N) is 2. The molecule has 3 heteroatoms. The van der Waals surface area contributed by atoms with Crippen molar-refractivity contribution in [2.45, 2.75) is 0 Å². The molecule has 1 saturated heterocycles. The molecule has 1 heterocycles. The summed E-state index contributed by atoms with van der Waals surface area (Å²) in [4.78, 5) is 4.80. The fraction of sp³-hybridized carbons (Fsp3) is 0.294. The maximum Gasteiger partial charge on any atom is 0.0485 e. The van der Waals surface area contributed by atoms with E-state index in [0.29, 0.717) is 0 Å². The van der Waals surface area contributed by atoms with Crippen molar-refractivity contribution in [2.24, 2.45) is 0 Å².